The van der Waals surface area contributed by atoms with Crippen LogP contribution in [-0.2, 0) is 11.3 Å². The van der Waals surface area contributed by atoms with Crippen molar-refractivity contribution in [2.45, 2.75) is 11.5 Å². The number of thiol groups is 1. The molecule has 2 aromatic carbocycles. The van der Waals surface area contributed by atoms with Crippen molar-refractivity contribution in [3.63, 3.8) is 0 Å². The first-order valence-electron chi connectivity index (χ1n) is 6.33. The summed E-state index contributed by atoms with van der Waals surface area (Å²) < 4.78 is 5.82. The molecule has 0 saturated carbocycles. The summed E-state index contributed by atoms with van der Waals surface area (Å²) in [7, 11) is -0.448. The molecule has 0 spiro atoms. The quantitative estimate of drug-likeness (QED) is 0.774. The Morgan fingerprint density at radius 3 is 2.80 bits per heavy atom. The monoisotopic (exact) mass is 301 g/mol. The lowest BCUT2D eigenvalue weighted by molar-refractivity contribution is 0.212. The van der Waals surface area contributed by atoms with Crippen molar-refractivity contribution in [1.82, 2.24) is 0 Å². The van der Waals surface area contributed by atoms with E-state index in [9.17, 15) is 0 Å². The Labute approximate surface area is 126 Å². The van der Waals surface area contributed by atoms with Crippen LogP contribution in [0.3, 0.4) is 0 Å². The first-order chi connectivity index (χ1) is 9.81. The zero-order valence-corrected chi connectivity index (χ0v) is 12.4. The molecule has 1 radical (unpaired) electrons. The van der Waals surface area contributed by atoms with E-state index in [0.717, 1.165) is 5.76 Å². The van der Waals surface area contributed by atoms with Gasteiger partial charge in [0.25, 0.3) is 0 Å². The van der Waals surface area contributed by atoms with Crippen LogP contribution < -0.4 is 0 Å². The summed E-state index contributed by atoms with van der Waals surface area (Å²) in [6, 6.07) is 19.0. The Morgan fingerprint density at radius 1 is 1.15 bits per heavy atom. The zero-order chi connectivity index (χ0) is 13.8. The van der Waals surface area contributed by atoms with Crippen LogP contribution in [0, 0.1) is 6.07 Å². The van der Waals surface area contributed by atoms with Crippen molar-refractivity contribution in [1.29, 1.82) is 0 Å². The second-order valence-corrected chi connectivity index (χ2v) is 6.72. The molecule has 1 atom stereocenters. The van der Waals surface area contributed by atoms with Crippen LogP contribution in [0.1, 0.15) is 5.56 Å². The average molecular weight is 302 g/mol. The first-order valence-corrected chi connectivity index (χ1v) is 8.19. The van der Waals surface area contributed by atoms with Gasteiger partial charge in [0.05, 0.1) is 0 Å². The number of hydrogen-bond donors (Lipinski definition) is 1. The Kier molecular flexibility index (Phi) is 4.14. The fraction of sp³-hybridized carbons (Fsp3) is 0.0588. The van der Waals surface area contributed by atoms with Gasteiger partial charge in [0.15, 0.2) is 0 Å². The normalized spacial score (nSPS) is 18.9. The molecule has 1 aliphatic heterocycles. The highest BCUT2D eigenvalue weighted by Crippen LogP contribution is 2.44. The van der Waals surface area contributed by atoms with Crippen LogP contribution in [-0.4, -0.2) is 0 Å². The molecule has 3 heteroatoms. The van der Waals surface area contributed by atoms with Gasteiger partial charge in [0.1, 0.15) is 12.4 Å². The van der Waals surface area contributed by atoms with Crippen molar-refractivity contribution in [2.24, 2.45) is 0 Å². The highest BCUT2D eigenvalue weighted by Gasteiger charge is 2.09. The molecule has 101 valence electrons. The molecule has 0 bridgehead atoms. The van der Waals surface area contributed by atoms with E-state index in [1.807, 2.05) is 36.4 Å². The maximum atomic E-state index is 5.98. The van der Waals surface area contributed by atoms with Crippen LogP contribution in [0.2, 0.25) is 5.02 Å². The average Bonchev–Trinajstić information content (AvgIpc) is 2.95. The minimum Gasteiger partial charge on any atom is -0.488 e. The molecular formula is C17H14ClOS. The summed E-state index contributed by atoms with van der Waals surface area (Å²) in [5, 5.41) is 5.01. The summed E-state index contributed by atoms with van der Waals surface area (Å²) in [6.07, 6.45) is 2.04. The van der Waals surface area contributed by atoms with E-state index in [2.05, 4.69) is 35.1 Å². The number of benzene rings is 2. The summed E-state index contributed by atoms with van der Waals surface area (Å²) in [5.74, 6) is 0.934. The maximum Gasteiger partial charge on any atom is 0.125 e. The predicted molar refractivity (Wildman–Crippen MR) is 86.0 cm³/mol. The van der Waals surface area contributed by atoms with Crippen LogP contribution >= 0.6 is 22.5 Å². The second-order valence-electron chi connectivity index (χ2n) is 4.42. The lowest BCUT2D eigenvalue weighted by atomic mass is 10.2. The highest BCUT2D eigenvalue weighted by atomic mass is 35.5. The topological polar surface area (TPSA) is 9.23 Å². The van der Waals surface area contributed by atoms with Gasteiger partial charge >= 0.3 is 0 Å². The van der Waals surface area contributed by atoms with Crippen molar-refractivity contribution in [3.05, 3.63) is 87.8 Å². The highest BCUT2D eigenvalue weighted by molar-refractivity contribution is 8.22. The van der Waals surface area contributed by atoms with E-state index >= 15 is 0 Å². The van der Waals surface area contributed by atoms with Gasteiger partial charge in [-0.05, 0) is 34.1 Å². The maximum absolute atomic E-state index is 5.98. The number of halogens is 1. The van der Waals surface area contributed by atoms with Crippen molar-refractivity contribution in [3.8, 4) is 0 Å². The Hall–Kier alpha value is -1.64. The molecule has 0 N–H and O–H groups in total. The van der Waals surface area contributed by atoms with E-state index in [-0.39, 0.29) is 0 Å². The molecule has 2 aromatic rings. The lowest BCUT2D eigenvalue weighted by Gasteiger charge is -2.10. The molecule has 1 aliphatic rings. The van der Waals surface area contributed by atoms with Gasteiger partial charge in [-0.3, -0.25) is 0 Å². The van der Waals surface area contributed by atoms with Crippen LogP contribution in [0.25, 0.3) is 0 Å². The van der Waals surface area contributed by atoms with Crippen LogP contribution in [0.15, 0.2) is 76.1 Å². The van der Waals surface area contributed by atoms with Crippen molar-refractivity contribution in [2.75, 3.05) is 0 Å². The molecule has 0 aromatic heterocycles. The SMILES string of the molecule is Clc1[c]ccc([SH]2C=CC(OCc3ccccc3)=C2)c1. The second kappa shape index (κ2) is 6.21. The standard InChI is InChI=1S/C17H14ClOS/c18-15-7-4-8-17(11-15)20-10-9-16(13-20)19-12-14-5-2-1-3-6-14/h1-6,8-11,13,20H,12H2. The number of allylic oxidation sites excluding steroid dienone is 1. The van der Waals surface area contributed by atoms with E-state index in [1.54, 1.807) is 0 Å². The molecule has 1 unspecified atom stereocenters. The molecule has 3 rings (SSSR count). The molecule has 0 aliphatic carbocycles. The summed E-state index contributed by atoms with van der Waals surface area (Å²) in [6.45, 7) is 0.601. The van der Waals surface area contributed by atoms with Gasteiger partial charge in [-0.2, -0.15) is 10.9 Å². The van der Waals surface area contributed by atoms with Crippen LogP contribution in [0.5, 0.6) is 0 Å². The third-order valence-electron chi connectivity index (χ3n) is 2.96. The first kappa shape index (κ1) is 13.3. The smallest absolute Gasteiger partial charge is 0.125 e. The summed E-state index contributed by atoms with van der Waals surface area (Å²) in [5.41, 5.74) is 1.18. The third-order valence-corrected chi connectivity index (χ3v) is 5.06. The largest absolute Gasteiger partial charge is 0.488 e. The molecule has 0 saturated heterocycles. The van der Waals surface area contributed by atoms with Gasteiger partial charge in [-0.15, -0.1) is 0 Å². The Morgan fingerprint density at radius 2 is 2.00 bits per heavy atom. The Balaban J connectivity index is 1.65. The molecule has 1 heterocycles. The van der Waals surface area contributed by atoms with Crippen molar-refractivity contribution < 1.29 is 4.74 Å². The van der Waals surface area contributed by atoms with E-state index in [0.29, 0.717) is 11.6 Å². The summed E-state index contributed by atoms with van der Waals surface area (Å²) in [4.78, 5) is 1.22. The van der Waals surface area contributed by atoms with E-state index in [1.165, 1.54) is 10.5 Å². The zero-order valence-electron chi connectivity index (χ0n) is 10.8. The Bertz CT molecular complexity index is 649. The number of hydrogen-bond acceptors (Lipinski definition) is 1. The van der Waals surface area contributed by atoms with Gasteiger partial charge in [-0.1, -0.05) is 48.0 Å². The summed E-state index contributed by atoms with van der Waals surface area (Å²) >= 11 is 5.98. The number of rotatable bonds is 4. The molecule has 0 amide bonds. The van der Waals surface area contributed by atoms with Crippen LogP contribution in [0.4, 0.5) is 0 Å². The molecule has 0 fully saturated rings. The minimum atomic E-state index is -0.448. The van der Waals surface area contributed by atoms with Gasteiger partial charge in [0, 0.05) is 16.5 Å². The van der Waals surface area contributed by atoms with Crippen molar-refractivity contribution >= 4 is 22.5 Å². The minimum absolute atomic E-state index is 0.448. The lowest BCUT2D eigenvalue weighted by Crippen LogP contribution is -1.89. The van der Waals surface area contributed by atoms with E-state index < -0.39 is 10.9 Å². The molecular weight excluding hydrogens is 288 g/mol. The van der Waals surface area contributed by atoms with E-state index in [4.69, 9.17) is 16.3 Å². The van der Waals surface area contributed by atoms with Gasteiger partial charge < -0.3 is 4.74 Å². The molecule has 1 nitrogen and oxygen atoms in total. The predicted octanol–water partition coefficient (Wildman–Crippen LogP) is 5.09. The molecule has 20 heavy (non-hydrogen) atoms. The fourth-order valence-corrected chi connectivity index (χ4v) is 3.88. The third kappa shape index (κ3) is 3.27. The number of ether oxygens (including phenoxy) is 1. The van der Waals surface area contributed by atoms with Gasteiger partial charge in [-0.25, -0.2) is 0 Å². The van der Waals surface area contributed by atoms with Gasteiger partial charge in [0.2, 0.25) is 0 Å². The fourth-order valence-electron chi connectivity index (χ4n) is 1.95.